The lowest BCUT2D eigenvalue weighted by molar-refractivity contribution is 0.0972. The number of likely N-dealkylation sites (N-methyl/N-ethyl adjacent to an activating group) is 1. The molecule has 0 aliphatic carbocycles. The minimum absolute atomic E-state index is 0.0709. The van der Waals surface area contributed by atoms with E-state index in [-0.39, 0.29) is 12.1 Å². The number of aliphatic hydroxyl groups excluding tert-OH is 1. The third-order valence-corrected chi connectivity index (χ3v) is 4.74. The van der Waals surface area contributed by atoms with Crippen LogP contribution in [0.15, 0.2) is 24.3 Å². The normalized spacial score (nSPS) is 20.6. The van der Waals surface area contributed by atoms with Gasteiger partial charge in [-0.15, -0.1) is 0 Å². The Hall–Kier alpha value is -1.79. The van der Waals surface area contributed by atoms with Gasteiger partial charge in [0.2, 0.25) is 0 Å². The number of aliphatic hydroxyl groups is 1. The van der Waals surface area contributed by atoms with E-state index < -0.39 is 0 Å². The van der Waals surface area contributed by atoms with Gasteiger partial charge in [0, 0.05) is 39.3 Å². The molecule has 2 N–H and O–H groups in total. The van der Waals surface area contributed by atoms with Crippen molar-refractivity contribution in [2.24, 2.45) is 0 Å². The summed E-state index contributed by atoms with van der Waals surface area (Å²) in [4.78, 5) is 18.9. The molecule has 0 radical (unpaired) electrons. The largest absolute Gasteiger partial charge is 0.393 e. The Kier molecular flexibility index (Phi) is 5.03. The summed E-state index contributed by atoms with van der Waals surface area (Å²) in [5.41, 5.74) is 1.96. The maximum Gasteiger partial charge on any atom is 0.321 e. The van der Waals surface area contributed by atoms with Crippen LogP contribution >= 0.6 is 0 Å². The Balaban J connectivity index is 1.67. The molecular formula is C17H26N4O2. The van der Waals surface area contributed by atoms with Crippen molar-refractivity contribution in [1.82, 2.24) is 9.80 Å². The summed E-state index contributed by atoms with van der Waals surface area (Å²) in [5.74, 6) is 0. The van der Waals surface area contributed by atoms with Gasteiger partial charge in [-0.05, 0) is 32.0 Å². The van der Waals surface area contributed by atoms with Crippen molar-refractivity contribution in [3.63, 3.8) is 0 Å². The van der Waals surface area contributed by atoms with E-state index in [4.69, 9.17) is 0 Å². The van der Waals surface area contributed by atoms with E-state index in [0.29, 0.717) is 25.9 Å². The SMILES string of the molecule is CN1CCN(c2ccccc2NC(=O)N2CCC(O)CC2)CC1. The molecule has 0 unspecified atom stereocenters. The molecule has 0 spiro atoms. The van der Waals surface area contributed by atoms with E-state index in [1.165, 1.54) is 0 Å². The number of anilines is 2. The zero-order valence-corrected chi connectivity index (χ0v) is 13.7. The quantitative estimate of drug-likeness (QED) is 0.866. The van der Waals surface area contributed by atoms with Gasteiger partial charge in [-0.25, -0.2) is 4.79 Å². The molecule has 2 aliphatic rings. The highest BCUT2D eigenvalue weighted by Gasteiger charge is 2.23. The number of rotatable bonds is 2. The summed E-state index contributed by atoms with van der Waals surface area (Å²) >= 11 is 0. The molecule has 0 atom stereocenters. The molecule has 0 saturated carbocycles. The molecule has 2 aliphatic heterocycles. The second-order valence-electron chi connectivity index (χ2n) is 6.46. The van der Waals surface area contributed by atoms with Gasteiger partial charge in [0.25, 0.3) is 0 Å². The second-order valence-corrected chi connectivity index (χ2v) is 6.46. The molecule has 0 bridgehead atoms. The van der Waals surface area contributed by atoms with Gasteiger partial charge >= 0.3 is 6.03 Å². The first-order chi connectivity index (χ1) is 11.1. The Morgan fingerprint density at radius 1 is 1.09 bits per heavy atom. The summed E-state index contributed by atoms with van der Waals surface area (Å²) < 4.78 is 0. The van der Waals surface area contributed by atoms with E-state index in [2.05, 4.69) is 28.2 Å². The van der Waals surface area contributed by atoms with Crippen LogP contribution in [0.4, 0.5) is 16.2 Å². The first-order valence-corrected chi connectivity index (χ1v) is 8.40. The smallest absolute Gasteiger partial charge is 0.321 e. The van der Waals surface area contributed by atoms with Crippen molar-refractivity contribution in [2.75, 3.05) is 56.5 Å². The fraction of sp³-hybridized carbons (Fsp3) is 0.588. The number of piperidine rings is 1. The van der Waals surface area contributed by atoms with Crippen LogP contribution < -0.4 is 10.2 Å². The van der Waals surface area contributed by atoms with Crippen molar-refractivity contribution < 1.29 is 9.90 Å². The second kappa shape index (κ2) is 7.19. The molecule has 2 saturated heterocycles. The van der Waals surface area contributed by atoms with Gasteiger partial charge in [-0.2, -0.15) is 0 Å². The molecule has 6 heteroatoms. The first kappa shape index (κ1) is 16.1. The Morgan fingerprint density at radius 2 is 1.74 bits per heavy atom. The lowest BCUT2D eigenvalue weighted by Gasteiger charge is -2.35. The number of likely N-dealkylation sites (tertiary alicyclic amines) is 1. The molecule has 2 heterocycles. The predicted octanol–water partition coefficient (Wildman–Crippen LogP) is 1.43. The van der Waals surface area contributed by atoms with Crippen molar-refractivity contribution in [1.29, 1.82) is 0 Å². The van der Waals surface area contributed by atoms with E-state index in [1.807, 2.05) is 18.2 Å². The number of nitrogens with zero attached hydrogens (tertiary/aromatic N) is 3. The number of para-hydroxylation sites is 2. The van der Waals surface area contributed by atoms with Crippen LogP contribution in [0.25, 0.3) is 0 Å². The Bertz CT molecular complexity index is 535. The van der Waals surface area contributed by atoms with Crippen LogP contribution in [-0.4, -0.2) is 73.4 Å². The molecule has 6 nitrogen and oxygen atoms in total. The number of amides is 2. The summed E-state index contributed by atoms with van der Waals surface area (Å²) in [6.45, 7) is 5.24. The van der Waals surface area contributed by atoms with Gasteiger partial charge < -0.3 is 25.1 Å². The van der Waals surface area contributed by atoms with Gasteiger partial charge in [0.1, 0.15) is 0 Å². The van der Waals surface area contributed by atoms with Crippen molar-refractivity contribution in [3.8, 4) is 0 Å². The molecule has 126 valence electrons. The lowest BCUT2D eigenvalue weighted by Crippen LogP contribution is -2.45. The van der Waals surface area contributed by atoms with Gasteiger partial charge in [-0.3, -0.25) is 0 Å². The topological polar surface area (TPSA) is 59.0 Å². The van der Waals surface area contributed by atoms with Crippen molar-refractivity contribution in [3.05, 3.63) is 24.3 Å². The zero-order chi connectivity index (χ0) is 16.2. The molecule has 2 fully saturated rings. The molecule has 1 aromatic rings. The van der Waals surface area contributed by atoms with E-state index in [0.717, 1.165) is 37.6 Å². The maximum atomic E-state index is 12.5. The first-order valence-electron chi connectivity index (χ1n) is 8.40. The Morgan fingerprint density at radius 3 is 2.43 bits per heavy atom. The maximum absolute atomic E-state index is 12.5. The monoisotopic (exact) mass is 318 g/mol. The van der Waals surface area contributed by atoms with Crippen LogP contribution in [0, 0.1) is 0 Å². The van der Waals surface area contributed by atoms with E-state index in [9.17, 15) is 9.90 Å². The minimum atomic E-state index is -0.267. The van der Waals surface area contributed by atoms with E-state index >= 15 is 0 Å². The average Bonchev–Trinajstić information content (AvgIpc) is 2.57. The highest BCUT2D eigenvalue weighted by atomic mass is 16.3. The van der Waals surface area contributed by atoms with Gasteiger partial charge in [0.15, 0.2) is 0 Å². The van der Waals surface area contributed by atoms with Gasteiger partial charge in [0.05, 0.1) is 17.5 Å². The van der Waals surface area contributed by atoms with Crippen molar-refractivity contribution in [2.45, 2.75) is 18.9 Å². The third kappa shape index (κ3) is 3.95. The number of nitrogens with one attached hydrogen (secondary N) is 1. The standard InChI is InChI=1S/C17H26N4O2/c1-19-10-12-20(13-11-19)16-5-3-2-4-15(16)18-17(23)21-8-6-14(22)7-9-21/h2-5,14,22H,6-13H2,1H3,(H,18,23). The number of benzene rings is 1. The van der Waals surface area contributed by atoms with Gasteiger partial charge in [-0.1, -0.05) is 12.1 Å². The van der Waals surface area contributed by atoms with Crippen LogP contribution in [-0.2, 0) is 0 Å². The Labute approximate surface area is 137 Å². The fourth-order valence-corrected chi connectivity index (χ4v) is 3.17. The molecule has 3 rings (SSSR count). The van der Waals surface area contributed by atoms with Crippen LogP contribution in [0.3, 0.4) is 0 Å². The fourth-order valence-electron chi connectivity index (χ4n) is 3.17. The predicted molar refractivity (Wildman–Crippen MR) is 92.0 cm³/mol. The molecule has 0 aromatic heterocycles. The van der Waals surface area contributed by atoms with Crippen molar-refractivity contribution >= 4 is 17.4 Å². The number of carbonyl (C=O) groups excluding carboxylic acids is 1. The lowest BCUT2D eigenvalue weighted by atomic mass is 10.1. The van der Waals surface area contributed by atoms with E-state index in [1.54, 1.807) is 4.90 Å². The summed E-state index contributed by atoms with van der Waals surface area (Å²) in [5, 5.41) is 12.6. The summed E-state index contributed by atoms with van der Waals surface area (Å²) in [7, 11) is 2.13. The number of hydrogen-bond donors (Lipinski definition) is 2. The highest BCUT2D eigenvalue weighted by Crippen LogP contribution is 2.27. The summed E-state index contributed by atoms with van der Waals surface area (Å²) in [6.07, 6.45) is 1.05. The highest BCUT2D eigenvalue weighted by molar-refractivity contribution is 5.93. The number of urea groups is 1. The zero-order valence-electron chi connectivity index (χ0n) is 13.7. The molecular weight excluding hydrogens is 292 g/mol. The number of piperazine rings is 1. The number of carbonyl (C=O) groups is 1. The number of hydrogen-bond acceptors (Lipinski definition) is 4. The van der Waals surface area contributed by atoms with Crippen LogP contribution in [0.2, 0.25) is 0 Å². The summed E-state index contributed by atoms with van der Waals surface area (Å²) in [6, 6.07) is 7.93. The third-order valence-electron chi connectivity index (χ3n) is 4.74. The van der Waals surface area contributed by atoms with Crippen LogP contribution in [0.1, 0.15) is 12.8 Å². The molecule has 23 heavy (non-hydrogen) atoms. The minimum Gasteiger partial charge on any atom is -0.393 e. The average molecular weight is 318 g/mol. The molecule has 2 amide bonds. The van der Waals surface area contributed by atoms with Crippen LogP contribution in [0.5, 0.6) is 0 Å². The molecule has 1 aromatic carbocycles.